The molecule has 0 aromatic carbocycles. The number of rotatable bonds is 12. The Morgan fingerprint density at radius 2 is 0.742 bits per heavy atom. The van der Waals surface area contributed by atoms with Crippen LogP contribution in [0.4, 0.5) is 0 Å². The van der Waals surface area contributed by atoms with Crippen molar-refractivity contribution in [3.05, 3.63) is 0 Å². The van der Waals surface area contributed by atoms with E-state index >= 15 is 0 Å². The van der Waals surface area contributed by atoms with Crippen molar-refractivity contribution in [3.63, 3.8) is 0 Å². The Morgan fingerprint density at radius 3 is 0.903 bits per heavy atom. The molecule has 0 aliphatic heterocycles. The Hall–Kier alpha value is -0.280. The van der Waals surface area contributed by atoms with Crippen molar-refractivity contribution in [2.24, 2.45) is 0 Å². The number of hydrogen-bond acceptors (Lipinski definition) is 16. The van der Waals surface area contributed by atoms with E-state index in [1.54, 1.807) is 0 Å². The molecular weight excluding hydrogens is 464 g/mol. The van der Waals surface area contributed by atoms with Gasteiger partial charge in [-0.15, -0.1) is 0 Å². The Morgan fingerprint density at radius 1 is 0.516 bits per heavy atom. The van der Waals surface area contributed by atoms with Crippen LogP contribution in [-0.2, 0) is 9.59 Å². The van der Waals surface area contributed by atoms with Crippen molar-refractivity contribution >= 4 is 49.7 Å². The molecule has 10 atom stereocenters. The molecule has 0 radical (unpaired) electrons. The maximum atomic E-state index is 10.1. The van der Waals surface area contributed by atoms with Crippen LogP contribution in [0.3, 0.4) is 0 Å². The third-order valence-corrected chi connectivity index (χ3v) is 3.69. The second-order valence-corrected chi connectivity index (χ2v) is 5.97. The molecule has 0 saturated carbocycles. The molecule has 0 rings (SSSR count). The number of aliphatic hydroxyl groups excluding tert-OH is 12. The number of carbonyl (C=O) groups is 2. The van der Waals surface area contributed by atoms with Crippen LogP contribution in [0.1, 0.15) is 0 Å². The SMILES string of the molecule is O=C([O-])[C@@H](O)[C@H](O)[C@@H](O)[C@H](O)[C@H](O)CO.O=C([O-])[C@@H](O)[C@H](O)[C@@H](O)[C@H](O)[C@H](O)CO.[Ca+2]. The average Bonchev–Trinajstić information content (AvgIpc) is 2.73. The van der Waals surface area contributed by atoms with Gasteiger partial charge < -0.3 is 81.1 Å². The summed E-state index contributed by atoms with van der Waals surface area (Å²) in [5.41, 5.74) is 0. The molecule has 0 amide bonds. The minimum Gasteiger partial charge on any atom is -0.547 e. The van der Waals surface area contributed by atoms with E-state index in [0.29, 0.717) is 0 Å². The Balaban J connectivity index is -0.000000490. The first-order chi connectivity index (χ1) is 13.6. The van der Waals surface area contributed by atoms with E-state index in [0.717, 1.165) is 0 Å². The second kappa shape index (κ2) is 17.2. The fourth-order valence-electron chi connectivity index (χ4n) is 1.73. The quantitative estimate of drug-likeness (QED) is 0.113. The fraction of sp³-hybridized carbons (Fsp3) is 0.857. The molecule has 17 heteroatoms. The number of aliphatic carboxylic acids is 2. The first-order valence-electron chi connectivity index (χ1n) is 8.09. The minimum absolute atomic E-state index is 0. The standard InChI is InChI=1S/2C7H14O8.Ca/c2*8-1-2(9)3(10)4(11)5(12)6(13)7(14)15;/h2*2-6,8-13H,1H2,(H,14,15);/q;;+2/p-2/t2*2-,3-,4+,5-,6+;/m11./s1. The van der Waals surface area contributed by atoms with E-state index in [2.05, 4.69) is 0 Å². The van der Waals surface area contributed by atoms with Crippen LogP contribution in [-0.4, -0.2) is 185 Å². The largest absolute Gasteiger partial charge is 2.00 e. The van der Waals surface area contributed by atoms with Crippen molar-refractivity contribution in [3.8, 4) is 0 Å². The predicted molar refractivity (Wildman–Crippen MR) is 90.0 cm³/mol. The molecule has 180 valence electrons. The van der Waals surface area contributed by atoms with Gasteiger partial charge in [-0.05, 0) is 0 Å². The Kier molecular flexibility index (Phi) is 19.6. The van der Waals surface area contributed by atoms with Gasteiger partial charge in [0.2, 0.25) is 0 Å². The monoisotopic (exact) mass is 490 g/mol. The van der Waals surface area contributed by atoms with Gasteiger partial charge in [-0.2, -0.15) is 0 Å². The average molecular weight is 490 g/mol. The summed E-state index contributed by atoms with van der Waals surface area (Å²) >= 11 is 0. The maximum Gasteiger partial charge on any atom is 2.00 e. The molecule has 0 spiro atoms. The van der Waals surface area contributed by atoms with Crippen molar-refractivity contribution in [1.82, 2.24) is 0 Å². The topological polar surface area (TPSA) is 323 Å². The molecule has 0 fully saturated rings. The Bertz CT molecular complexity index is 465. The smallest absolute Gasteiger partial charge is 0.547 e. The molecule has 0 unspecified atom stereocenters. The van der Waals surface area contributed by atoms with Crippen LogP contribution >= 0.6 is 0 Å². The van der Waals surface area contributed by atoms with E-state index in [4.69, 9.17) is 61.3 Å². The molecule has 12 N–H and O–H groups in total. The maximum absolute atomic E-state index is 10.1. The third kappa shape index (κ3) is 11.9. The van der Waals surface area contributed by atoms with Crippen LogP contribution in [0.15, 0.2) is 0 Å². The molecule has 0 aliphatic carbocycles. The van der Waals surface area contributed by atoms with E-state index < -0.39 is 86.2 Å². The molecule has 16 nitrogen and oxygen atoms in total. The van der Waals surface area contributed by atoms with Crippen molar-refractivity contribution in [2.45, 2.75) is 61.0 Å². The first kappa shape index (κ1) is 35.3. The van der Waals surface area contributed by atoms with Gasteiger partial charge in [-0.25, -0.2) is 0 Å². The van der Waals surface area contributed by atoms with E-state index in [9.17, 15) is 19.8 Å². The van der Waals surface area contributed by atoms with Crippen LogP contribution < -0.4 is 10.2 Å². The number of carboxylic acids is 2. The number of aliphatic hydroxyl groups is 12. The molecule has 0 bridgehead atoms. The van der Waals surface area contributed by atoms with Crippen molar-refractivity contribution in [1.29, 1.82) is 0 Å². The Labute approximate surface area is 204 Å². The fourth-order valence-corrected chi connectivity index (χ4v) is 1.73. The molecule has 0 aromatic heterocycles. The zero-order chi connectivity index (χ0) is 24.3. The van der Waals surface area contributed by atoms with Gasteiger partial charge in [0.25, 0.3) is 0 Å². The number of carboxylic acid groups (broad SMARTS) is 2. The van der Waals surface area contributed by atoms with Gasteiger partial charge in [-0.3, -0.25) is 0 Å². The predicted octanol–water partition coefficient (Wildman–Crippen LogP) is -11.3. The van der Waals surface area contributed by atoms with E-state index in [-0.39, 0.29) is 37.7 Å². The minimum atomic E-state index is -2.40. The summed E-state index contributed by atoms with van der Waals surface area (Å²) in [4.78, 5) is 20.2. The van der Waals surface area contributed by atoms with Gasteiger partial charge in [0.15, 0.2) is 0 Å². The summed E-state index contributed by atoms with van der Waals surface area (Å²) in [7, 11) is 0. The number of hydrogen-bond donors (Lipinski definition) is 12. The van der Waals surface area contributed by atoms with Crippen molar-refractivity contribution in [2.75, 3.05) is 13.2 Å². The third-order valence-electron chi connectivity index (χ3n) is 3.69. The van der Waals surface area contributed by atoms with E-state index in [1.165, 1.54) is 0 Å². The molecule has 0 aromatic rings. The van der Waals surface area contributed by atoms with Crippen molar-refractivity contribution < 1.29 is 81.1 Å². The van der Waals surface area contributed by atoms with Crippen LogP contribution in [0.2, 0.25) is 0 Å². The van der Waals surface area contributed by atoms with Gasteiger partial charge in [0, 0.05) is 0 Å². The summed E-state index contributed by atoms with van der Waals surface area (Å²) in [5.74, 6) is -4.07. The summed E-state index contributed by atoms with van der Waals surface area (Å²) in [6.45, 7) is -1.79. The zero-order valence-electron chi connectivity index (χ0n) is 15.9. The molecule has 0 aliphatic rings. The van der Waals surface area contributed by atoms with Gasteiger partial charge >= 0.3 is 37.7 Å². The van der Waals surface area contributed by atoms with Gasteiger partial charge in [-0.1, -0.05) is 0 Å². The normalized spacial score (nSPS) is 20.8. The van der Waals surface area contributed by atoms with Crippen LogP contribution in [0.5, 0.6) is 0 Å². The van der Waals surface area contributed by atoms with Gasteiger partial charge in [0.05, 0.1) is 25.2 Å². The summed E-state index contributed by atoms with van der Waals surface area (Å²) in [6.07, 6.45) is -21.0. The molecule has 0 heterocycles. The molecular formula is C14H26CaO16. The molecule has 31 heavy (non-hydrogen) atoms. The van der Waals surface area contributed by atoms with Crippen LogP contribution in [0, 0.1) is 0 Å². The van der Waals surface area contributed by atoms with Gasteiger partial charge in [0.1, 0.15) is 61.0 Å². The second-order valence-electron chi connectivity index (χ2n) is 5.97. The number of carbonyl (C=O) groups excluding carboxylic acids is 2. The van der Waals surface area contributed by atoms with E-state index in [1.807, 2.05) is 0 Å². The molecule has 0 saturated heterocycles. The summed E-state index contributed by atoms with van der Waals surface area (Å²) < 4.78 is 0. The summed E-state index contributed by atoms with van der Waals surface area (Å²) in [5, 5.41) is 126. The zero-order valence-corrected chi connectivity index (χ0v) is 18.1. The summed E-state index contributed by atoms with van der Waals surface area (Å²) in [6, 6.07) is 0. The first-order valence-corrected chi connectivity index (χ1v) is 8.09. The van der Waals surface area contributed by atoms with Crippen LogP contribution in [0.25, 0.3) is 0 Å².